The Morgan fingerprint density at radius 2 is 1.67 bits per heavy atom. The van der Waals surface area contributed by atoms with Gasteiger partial charge in [0.1, 0.15) is 16.3 Å². The molecule has 0 unspecified atom stereocenters. The standard InChI is InChI=1S/C25H27N3O4S/c1-31-21-11-7-6-10-20(21)28-14-12-27(13-15-28)16-22(29)26-24-23(25(30)32-2)19(17-33-24)18-8-4-3-5-9-18/h3-11,17H,12-16H2,1-2H3,(H,26,29). The van der Waals surface area contributed by atoms with Crippen molar-refractivity contribution in [1.29, 1.82) is 0 Å². The van der Waals surface area contributed by atoms with E-state index in [0.29, 0.717) is 10.6 Å². The van der Waals surface area contributed by atoms with Crippen molar-refractivity contribution in [1.82, 2.24) is 4.90 Å². The first-order chi connectivity index (χ1) is 16.1. The van der Waals surface area contributed by atoms with Crippen LogP contribution in [0.1, 0.15) is 10.4 Å². The van der Waals surface area contributed by atoms with Crippen molar-refractivity contribution < 1.29 is 19.1 Å². The van der Waals surface area contributed by atoms with Crippen LogP contribution in [0.25, 0.3) is 11.1 Å². The largest absolute Gasteiger partial charge is 0.495 e. The van der Waals surface area contributed by atoms with Crippen LogP contribution >= 0.6 is 11.3 Å². The molecule has 1 N–H and O–H groups in total. The predicted octanol–water partition coefficient (Wildman–Crippen LogP) is 3.97. The lowest BCUT2D eigenvalue weighted by molar-refractivity contribution is -0.117. The summed E-state index contributed by atoms with van der Waals surface area (Å²) in [6.07, 6.45) is 0. The van der Waals surface area contributed by atoms with Crippen molar-refractivity contribution in [2.45, 2.75) is 0 Å². The fourth-order valence-electron chi connectivity index (χ4n) is 3.99. The molecule has 1 aliphatic heterocycles. The molecule has 0 saturated carbocycles. The monoisotopic (exact) mass is 465 g/mol. The fourth-order valence-corrected chi connectivity index (χ4v) is 4.97. The number of hydrogen-bond acceptors (Lipinski definition) is 7. The highest BCUT2D eigenvalue weighted by atomic mass is 32.1. The minimum absolute atomic E-state index is 0.146. The number of carbonyl (C=O) groups excluding carboxylic acids is 2. The zero-order valence-electron chi connectivity index (χ0n) is 18.7. The van der Waals surface area contributed by atoms with Crippen molar-refractivity contribution >= 4 is 33.9 Å². The number of hydrogen-bond donors (Lipinski definition) is 1. The summed E-state index contributed by atoms with van der Waals surface area (Å²) in [5.74, 6) is 0.245. The number of nitrogens with one attached hydrogen (secondary N) is 1. The topological polar surface area (TPSA) is 71.1 Å². The van der Waals surface area contributed by atoms with Crippen LogP contribution in [-0.4, -0.2) is 63.7 Å². The molecule has 3 aromatic rings. The number of rotatable bonds is 7. The smallest absolute Gasteiger partial charge is 0.341 e. The summed E-state index contributed by atoms with van der Waals surface area (Å²) in [5, 5.41) is 5.32. The Morgan fingerprint density at radius 3 is 2.36 bits per heavy atom. The zero-order valence-corrected chi connectivity index (χ0v) is 19.6. The number of benzene rings is 2. The Kier molecular flexibility index (Phi) is 7.26. The Labute approximate surface area is 197 Å². The molecule has 4 rings (SSSR count). The van der Waals surface area contributed by atoms with Gasteiger partial charge in [0, 0.05) is 37.1 Å². The van der Waals surface area contributed by atoms with E-state index >= 15 is 0 Å². The van der Waals surface area contributed by atoms with E-state index in [1.807, 2.05) is 53.9 Å². The highest BCUT2D eigenvalue weighted by Crippen LogP contribution is 2.36. The number of amides is 1. The van der Waals surface area contributed by atoms with Gasteiger partial charge in [-0.15, -0.1) is 11.3 Å². The molecule has 8 heteroatoms. The Bertz CT molecular complexity index is 1110. The summed E-state index contributed by atoms with van der Waals surface area (Å²) in [6, 6.07) is 17.6. The average molecular weight is 466 g/mol. The summed E-state index contributed by atoms with van der Waals surface area (Å²) in [4.78, 5) is 29.7. The molecule has 2 aromatic carbocycles. The quantitative estimate of drug-likeness (QED) is 0.533. The molecule has 1 amide bonds. The maximum Gasteiger partial charge on any atom is 0.341 e. The van der Waals surface area contributed by atoms with Gasteiger partial charge in [0.25, 0.3) is 0 Å². The van der Waals surface area contributed by atoms with Crippen LogP contribution in [0, 0.1) is 0 Å². The molecule has 1 saturated heterocycles. The number of methoxy groups -OCH3 is 2. The summed E-state index contributed by atoms with van der Waals surface area (Å²) < 4.78 is 10.5. The van der Waals surface area contributed by atoms with Gasteiger partial charge in [-0.2, -0.15) is 0 Å². The van der Waals surface area contributed by atoms with Gasteiger partial charge in [-0.1, -0.05) is 42.5 Å². The van der Waals surface area contributed by atoms with E-state index in [-0.39, 0.29) is 12.5 Å². The normalized spacial score (nSPS) is 14.1. The Hall–Kier alpha value is -3.36. The van der Waals surface area contributed by atoms with E-state index in [0.717, 1.165) is 48.7 Å². The van der Waals surface area contributed by atoms with Gasteiger partial charge < -0.3 is 19.7 Å². The lowest BCUT2D eigenvalue weighted by Gasteiger charge is -2.36. The third-order valence-corrected chi connectivity index (χ3v) is 6.58. The molecule has 1 fully saturated rings. The molecule has 0 bridgehead atoms. The van der Waals surface area contributed by atoms with Crippen molar-refractivity contribution in [3.05, 3.63) is 65.5 Å². The van der Waals surface area contributed by atoms with Gasteiger partial charge >= 0.3 is 5.97 Å². The van der Waals surface area contributed by atoms with E-state index < -0.39 is 5.97 Å². The SMILES string of the molecule is COC(=O)c1c(-c2ccccc2)csc1NC(=O)CN1CCN(c2ccccc2OC)CC1. The van der Waals surface area contributed by atoms with Crippen LogP contribution in [0.4, 0.5) is 10.7 Å². The van der Waals surface area contributed by atoms with Crippen LogP contribution in [0.3, 0.4) is 0 Å². The number of carbonyl (C=O) groups is 2. The van der Waals surface area contributed by atoms with Gasteiger partial charge in [0.15, 0.2) is 0 Å². The summed E-state index contributed by atoms with van der Waals surface area (Å²) in [5.41, 5.74) is 3.12. The van der Waals surface area contributed by atoms with E-state index in [1.165, 1.54) is 18.4 Å². The Balaban J connectivity index is 1.40. The molecule has 0 spiro atoms. The number of esters is 1. The first kappa shape index (κ1) is 22.8. The first-order valence-electron chi connectivity index (χ1n) is 10.8. The lowest BCUT2D eigenvalue weighted by Crippen LogP contribution is -2.48. The highest BCUT2D eigenvalue weighted by molar-refractivity contribution is 7.15. The van der Waals surface area contributed by atoms with Crippen molar-refractivity contribution in [3.8, 4) is 16.9 Å². The second kappa shape index (κ2) is 10.5. The maximum absolute atomic E-state index is 12.8. The number of anilines is 2. The molecule has 0 atom stereocenters. The van der Waals surface area contributed by atoms with Crippen molar-refractivity contribution in [3.63, 3.8) is 0 Å². The van der Waals surface area contributed by atoms with Gasteiger partial charge in [-0.05, 0) is 17.7 Å². The van der Waals surface area contributed by atoms with E-state index in [2.05, 4.69) is 21.2 Å². The molecule has 33 heavy (non-hydrogen) atoms. The van der Waals surface area contributed by atoms with Gasteiger partial charge in [0.05, 0.1) is 26.5 Å². The minimum atomic E-state index is -0.462. The van der Waals surface area contributed by atoms with E-state index in [9.17, 15) is 9.59 Å². The van der Waals surface area contributed by atoms with E-state index in [4.69, 9.17) is 9.47 Å². The molecule has 2 heterocycles. The number of nitrogens with zero attached hydrogens (tertiary/aromatic N) is 2. The van der Waals surface area contributed by atoms with Gasteiger partial charge in [-0.3, -0.25) is 9.69 Å². The molecule has 0 aliphatic carbocycles. The summed E-state index contributed by atoms with van der Waals surface area (Å²) >= 11 is 1.33. The fraction of sp³-hybridized carbons (Fsp3) is 0.280. The highest BCUT2D eigenvalue weighted by Gasteiger charge is 2.24. The molecule has 1 aliphatic rings. The maximum atomic E-state index is 12.8. The third-order valence-electron chi connectivity index (χ3n) is 5.68. The molecular weight excluding hydrogens is 438 g/mol. The van der Waals surface area contributed by atoms with Crippen LogP contribution in [-0.2, 0) is 9.53 Å². The first-order valence-corrected chi connectivity index (χ1v) is 11.6. The van der Waals surface area contributed by atoms with Gasteiger partial charge in [0.2, 0.25) is 5.91 Å². The number of ether oxygens (including phenoxy) is 2. The van der Waals surface area contributed by atoms with Crippen molar-refractivity contribution in [2.24, 2.45) is 0 Å². The van der Waals surface area contributed by atoms with Gasteiger partial charge in [-0.25, -0.2) is 4.79 Å². The third kappa shape index (κ3) is 5.18. The summed E-state index contributed by atoms with van der Waals surface area (Å²) in [6.45, 7) is 3.39. The lowest BCUT2D eigenvalue weighted by atomic mass is 10.0. The van der Waals surface area contributed by atoms with Crippen LogP contribution < -0.4 is 15.0 Å². The zero-order chi connectivity index (χ0) is 23.2. The van der Waals surface area contributed by atoms with Crippen LogP contribution in [0.5, 0.6) is 5.75 Å². The molecule has 1 aromatic heterocycles. The van der Waals surface area contributed by atoms with E-state index in [1.54, 1.807) is 7.11 Å². The van der Waals surface area contributed by atoms with Crippen LogP contribution in [0.15, 0.2) is 60.0 Å². The second-order valence-electron chi connectivity index (χ2n) is 7.69. The molecular formula is C25H27N3O4S. The minimum Gasteiger partial charge on any atom is -0.495 e. The predicted molar refractivity (Wildman–Crippen MR) is 131 cm³/mol. The molecule has 7 nitrogen and oxygen atoms in total. The number of thiophene rings is 1. The average Bonchev–Trinajstić information content (AvgIpc) is 3.27. The Morgan fingerprint density at radius 1 is 0.970 bits per heavy atom. The second-order valence-corrected chi connectivity index (χ2v) is 8.57. The van der Waals surface area contributed by atoms with Crippen LogP contribution in [0.2, 0.25) is 0 Å². The molecule has 0 radical (unpaired) electrons. The number of para-hydroxylation sites is 2. The number of piperazine rings is 1. The summed E-state index contributed by atoms with van der Waals surface area (Å²) in [7, 11) is 3.03. The molecule has 172 valence electrons. The van der Waals surface area contributed by atoms with Crippen molar-refractivity contribution in [2.75, 3.05) is 57.2 Å².